The monoisotopic (exact) mass is 336 g/mol. The second kappa shape index (κ2) is 6.41. The van der Waals surface area contributed by atoms with Crippen molar-refractivity contribution in [3.63, 3.8) is 0 Å². The fraction of sp³-hybridized carbons (Fsp3) is 0.167. The molecule has 3 aromatic rings. The maximum absolute atomic E-state index is 12.4. The van der Waals surface area contributed by atoms with Crippen LogP contribution < -0.4 is 5.32 Å². The lowest BCUT2D eigenvalue weighted by atomic mass is 10.1. The van der Waals surface area contributed by atoms with Crippen LogP contribution in [0.3, 0.4) is 0 Å². The zero-order valence-electron chi connectivity index (χ0n) is 13.0. The third-order valence-electron chi connectivity index (χ3n) is 4.06. The fourth-order valence-electron chi connectivity index (χ4n) is 2.77. The summed E-state index contributed by atoms with van der Waals surface area (Å²) in [4.78, 5) is 15.6. The Labute approximate surface area is 144 Å². The summed E-state index contributed by atoms with van der Waals surface area (Å²) >= 11 is 1.76. The first-order valence-corrected chi connectivity index (χ1v) is 8.68. The molecule has 4 rings (SSSR count). The molecule has 1 N–H and O–H groups in total. The van der Waals surface area contributed by atoms with E-state index in [1.807, 2.05) is 41.3 Å². The Morgan fingerprint density at radius 2 is 1.96 bits per heavy atom. The van der Waals surface area contributed by atoms with E-state index in [1.165, 1.54) is 10.4 Å². The molecular weight excluding hydrogens is 320 g/mol. The second-order valence-corrected chi connectivity index (χ2v) is 6.64. The van der Waals surface area contributed by atoms with Gasteiger partial charge < -0.3 is 4.90 Å². The third-order valence-corrected chi connectivity index (χ3v) is 5.09. The zero-order valence-corrected chi connectivity index (χ0v) is 13.8. The summed E-state index contributed by atoms with van der Waals surface area (Å²) in [5, 5.41) is 13.2. The molecule has 6 heteroatoms. The molecule has 0 aliphatic carbocycles. The first kappa shape index (κ1) is 14.8. The van der Waals surface area contributed by atoms with Gasteiger partial charge in [-0.05, 0) is 35.6 Å². The largest absolute Gasteiger partial charge is 0.323 e. The van der Waals surface area contributed by atoms with Crippen LogP contribution in [0.4, 0.5) is 10.6 Å². The number of hydrogen-bond acceptors (Lipinski definition) is 4. The molecule has 0 saturated carbocycles. The number of aromatic nitrogens is 2. The van der Waals surface area contributed by atoms with Crippen molar-refractivity contribution >= 4 is 23.2 Å². The van der Waals surface area contributed by atoms with E-state index < -0.39 is 0 Å². The number of hydrogen-bond donors (Lipinski definition) is 1. The standard InChI is InChI=1S/C18H16N4OS/c23-18(22-10-8-16-14(12-22)9-11-24-16)19-17-7-6-15(20-21-17)13-4-2-1-3-5-13/h1-7,9,11H,8,10,12H2,(H,19,21,23). The highest BCUT2D eigenvalue weighted by Gasteiger charge is 2.21. The zero-order chi connectivity index (χ0) is 16.4. The Hall–Kier alpha value is -2.73. The number of nitrogens with one attached hydrogen (secondary N) is 1. The summed E-state index contributed by atoms with van der Waals surface area (Å²) in [7, 11) is 0. The van der Waals surface area contributed by atoms with Crippen LogP contribution in [0.1, 0.15) is 10.4 Å². The Kier molecular flexibility index (Phi) is 3.96. The van der Waals surface area contributed by atoms with Crippen LogP contribution in [0.5, 0.6) is 0 Å². The maximum Gasteiger partial charge on any atom is 0.323 e. The average Bonchev–Trinajstić information content (AvgIpc) is 3.11. The molecule has 0 unspecified atom stereocenters. The maximum atomic E-state index is 12.4. The molecule has 5 nitrogen and oxygen atoms in total. The van der Waals surface area contributed by atoms with Gasteiger partial charge >= 0.3 is 6.03 Å². The van der Waals surface area contributed by atoms with E-state index in [0.29, 0.717) is 12.4 Å². The smallest absolute Gasteiger partial charge is 0.320 e. The molecule has 120 valence electrons. The number of urea groups is 1. The lowest BCUT2D eigenvalue weighted by molar-refractivity contribution is 0.206. The first-order valence-electron chi connectivity index (χ1n) is 7.80. The van der Waals surface area contributed by atoms with Crippen molar-refractivity contribution in [2.24, 2.45) is 0 Å². The average molecular weight is 336 g/mol. The lowest BCUT2D eigenvalue weighted by Gasteiger charge is -2.26. The van der Waals surface area contributed by atoms with Gasteiger partial charge in [0.2, 0.25) is 0 Å². The van der Waals surface area contributed by atoms with Crippen LogP contribution in [-0.2, 0) is 13.0 Å². The van der Waals surface area contributed by atoms with Crippen molar-refractivity contribution in [3.05, 3.63) is 64.4 Å². The third kappa shape index (κ3) is 3.00. The van der Waals surface area contributed by atoms with Crippen molar-refractivity contribution in [2.45, 2.75) is 13.0 Å². The van der Waals surface area contributed by atoms with Gasteiger partial charge in [0.15, 0.2) is 5.82 Å². The summed E-state index contributed by atoms with van der Waals surface area (Å²) < 4.78 is 0. The quantitative estimate of drug-likeness (QED) is 0.774. The Morgan fingerprint density at radius 3 is 2.75 bits per heavy atom. The van der Waals surface area contributed by atoms with Crippen LogP contribution in [0.25, 0.3) is 11.3 Å². The second-order valence-electron chi connectivity index (χ2n) is 5.64. The van der Waals surface area contributed by atoms with Crippen LogP contribution in [0.2, 0.25) is 0 Å². The summed E-state index contributed by atoms with van der Waals surface area (Å²) in [6, 6.07) is 15.5. The molecule has 1 aromatic carbocycles. The predicted octanol–water partition coefficient (Wildman–Crippen LogP) is 3.80. The summed E-state index contributed by atoms with van der Waals surface area (Å²) in [5.41, 5.74) is 3.03. The van der Waals surface area contributed by atoms with Gasteiger partial charge in [0.25, 0.3) is 0 Å². The molecule has 2 aromatic heterocycles. The summed E-state index contributed by atoms with van der Waals surface area (Å²) in [5.74, 6) is 0.468. The minimum Gasteiger partial charge on any atom is -0.320 e. The van der Waals surface area contributed by atoms with E-state index in [2.05, 4.69) is 27.0 Å². The molecule has 0 radical (unpaired) electrons. The number of carbonyl (C=O) groups excluding carboxylic acids is 1. The number of anilines is 1. The fourth-order valence-corrected chi connectivity index (χ4v) is 3.66. The van der Waals surface area contributed by atoms with Crippen LogP contribution in [-0.4, -0.2) is 27.7 Å². The number of benzene rings is 1. The molecule has 0 fully saturated rings. The van der Waals surface area contributed by atoms with Gasteiger partial charge in [-0.15, -0.1) is 21.5 Å². The predicted molar refractivity (Wildman–Crippen MR) is 94.9 cm³/mol. The van der Waals surface area contributed by atoms with Crippen molar-refractivity contribution < 1.29 is 4.79 Å². The SMILES string of the molecule is O=C(Nc1ccc(-c2ccccc2)nn1)N1CCc2sccc2C1. The van der Waals surface area contributed by atoms with Crippen molar-refractivity contribution in [2.75, 3.05) is 11.9 Å². The van der Waals surface area contributed by atoms with E-state index in [4.69, 9.17) is 0 Å². The lowest BCUT2D eigenvalue weighted by Crippen LogP contribution is -2.38. The minimum atomic E-state index is -0.131. The number of amides is 2. The van der Waals surface area contributed by atoms with Gasteiger partial charge in [0, 0.05) is 23.5 Å². The Morgan fingerprint density at radius 1 is 1.08 bits per heavy atom. The number of thiophene rings is 1. The van der Waals surface area contributed by atoms with Gasteiger partial charge in [-0.3, -0.25) is 5.32 Å². The molecule has 24 heavy (non-hydrogen) atoms. The van der Waals surface area contributed by atoms with Gasteiger partial charge in [-0.1, -0.05) is 30.3 Å². The van der Waals surface area contributed by atoms with E-state index in [9.17, 15) is 4.79 Å². The molecule has 0 bridgehead atoms. The normalized spacial score (nSPS) is 13.4. The van der Waals surface area contributed by atoms with Crippen molar-refractivity contribution in [1.29, 1.82) is 0 Å². The topological polar surface area (TPSA) is 58.1 Å². The van der Waals surface area contributed by atoms with Crippen LogP contribution in [0.15, 0.2) is 53.9 Å². The van der Waals surface area contributed by atoms with E-state index in [0.717, 1.165) is 24.2 Å². The number of nitrogens with zero attached hydrogens (tertiary/aromatic N) is 3. The molecule has 1 aliphatic rings. The van der Waals surface area contributed by atoms with Crippen molar-refractivity contribution in [3.8, 4) is 11.3 Å². The summed E-state index contributed by atoms with van der Waals surface area (Å²) in [6.45, 7) is 1.38. The van der Waals surface area contributed by atoms with Crippen molar-refractivity contribution in [1.82, 2.24) is 15.1 Å². The first-order chi connectivity index (χ1) is 11.8. The number of rotatable bonds is 2. The van der Waals surface area contributed by atoms with E-state index in [1.54, 1.807) is 17.4 Å². The van der Waals surface area contributed by atoms with Gasteiger partial charge in [-0.2, -0.15) is 0 Å². The van der Waals surface area contributed by atoms with E-state index in [-0.39, 0.29) is 6.03 Å². The highest BCUT2D eigenvalue weighted by atomic mass is 32.1. The molecular formula is C18H16N4OS. The summed E-state index contributed by atoms with van der Waals surface area (Å²) in [6.07, 6.45) is 0.916. The Balaban J connectivity index is 1.43. The van der Waals surface area contributed by atoms with E-state index >= 15 is 0 Å². The number of fused-ring (bicyclic) bond motifs is 1. The van der Waals surface area contributed by atoms with Gasteiger partial charge in [-0.25, -0.2) is 4.79 Å². The van der Waals surface area contributed by atoms with Gasteiger partial charge in [0.1, 0.15) is 0 Å². The van der Waals surface area contributed by atoms with Gasteiger partial charge in [0.05, 0.1) is 5.69 Å². The minimum absolute atomic E-state index is 0.131. The van der Waals surface area contributed by atoms with Crippen LogP contribution >= 0.6 is 11.3 Å². The number of carbonyl (C=O) groups is 1. The molecule has 0 atom stereocenters. The molecule has 1 aliphatic heterocycles. The molecule has 0 spiro atoms. The molecule has 3 heterocycles. The highest BCUT2D eigenvalue weighted by Crippen LogP contribution is 2.24. The Bertz CT molecular complexity index is 845. The van der Waals surface area contributed by atoms with Crippen LogP contribution in [0, 0.1) is 0 Å². The molecule has 0 saturated heterocycles. The highest BCUT2D eigenvalue weighted by molar-refractivity contribution is 7.10. The molecule has 2 amide bonds.